The number of hydrogen-bond acceptors (Lipinski definition) is 6. The average molecular weight is 599 g/mol. The number of carbonyl (C=O) groups is 1. The van der Waals surface area contributed by atoms with E-state index in [1.807, 2.05) is 41.1 Å². The standard InChI is InChI=1S/C33H32F2N6O3/c34-26-18-27-30(38-33(37-27)44-25-12-10-24(11-13-25)32(42)43)29(35)28(26)22-6-2-20(3-7-22)21-4-8-23(9-5-21)31-36-19-41(39-31)17-16-40-14-1-15-40/h2-9,18-19,24-25H,1,10-17H2,(H,37,38)(H,42,43)/t24-,25-. The molecule has 2 aromatic heterocycles. The van der Waals surface area contributed by atoms with Crippen LogP contribution in [0, 0.1) is 17.6 Å². The van der Waals surface area contributed by atoms with Crippen LogP contribution in [0.5, 0.6) is 6.01 Å². The number of aromatic nitrogens is 5. The van der Waals surface area contributed by atoms with Gasteiger partial charge < -0.3 is 19.7 Å². The highest BCUT2D eigenvalue weighted by molar-refractivity contribution is 5.84. The number of nitrogens with one attached hydrogen (secondary N) is 1. The minimum absolute atomic E-state index is 0.00751. The summed E-state index contributed by atoms with van der Waals surface area (Å²) < 4.78 is 38.6. The lowest BCUT2D eigenvalue weighted by atomic mass is 9.87. The van der Waals surface area contributed by atoms with E-state index in [1.165, 1.54) is 12.5 Å². The molecule has 226 valence electrons. The third-order valence-corrected chi connectivity index (χ3v) is 8.73. The first-order valence-electron chi connectivity index (χ1n) is 15.0. The molecule has 0 amide bonds. The first kappa shape index (κ1) is 28.1. The van der Waals surface area contributed by atoms with Crippen LogP contribution in [0.3, 0.4) is 0 Å². The lowest BCUT2D eigenvalue weighted by Gasteiger charge is -2.30. The summed E-state index contributed by atoms with van der Waals surface area (Å²) in [6.07, 6.45) is 4.95. The van der Waals surface area contributed by atoms with Crippen LogP contribution in [0.4, 0.5) is 8.78 Å². The maximum atomic E-state index is 15.6. The molecule has 0 unspecified atom stereocenters. The van der Waals surface area contributed by atoms with Crippen LogP contribution in [0.1, 0.15) is 32.1 Å². The minimum atomic E-state index is -0.798. The zero-order chi connectivity index (χ0) is 30.2. The Morgan fingerprint density at radius 2 is 1.59 bits per heavy atom. The number of aliphatic carboxylic acids is 1. The number of likely N-dealkylation sites (tertiary alicyclic amines) is 1. The quantitative estimate of drug-likeness (QED) is 0.209. The van der Waals surface area contributed by atoms with E-state index < -0.39 is 17.6 Å². The van der Waals surface area contributed by atoms with Crippen LogP contribution in [0.25, 0.3) is 44.7 Å². The van der Waals surface area contributed by atoms with E-state index in [2.05, 4.69) is 25.0 Å². The van der Waals surface area contributed by atoms with Gasteiger partial charge in [-0.05, 0) is 61.9 Å². The van der Waals surface area contributed by atoms with Crippen molar-refractivity contribution in [3.05, 3.63) is 72.6 Å². The van der Waals surface area contributed by atoms with Crippen LogP contribution in [0.2, 0.25) is 0 Å². The van der Waals surface area contributed by atoms with Gasteiger partial charge in [0.1, 0.15) is 23.8 Å². The molecule has 3 heterocycles. The molecule has 9 nitrogen and oxygen atoms in total. The zero-order valence-corrected chi connectivity index (χ0v) is 24.0. The number of rotatable bonds is 9. The monoisotopic (exact) mass is 598 g/mol. The molecule has 0 radical (unpaired) electrons. The largest absolute Gasteiger partial charge is 0.481 e. The van der Waals surface area contributed by atoms with Crippen molar-refractivity contribution in [3.8, 4) is 39.7 Å². The molecular formula is C33H32F2N6O3. The molecule has 0 bridgehead atoms. The summed E-state index contributed by atoms with van der Waals surface area (Å²) in [5, 5.41) is 13.8. The fourth-order valence-corrected chi connectivity index (χ4v) is 5.99. The number of benzene rings is 3. The maximum Gasteiger partial charge on any atom is 0.306 e. The third kappa shape index (κ3) is 5.67. The van der Waals surface area contributed by atoms with E-state index in [1.54, 1.807) is 18.5 Å². The second kappa shape index (κ2) is 11.8. The van der Waals surface area contributed by atoms with E-state index in [-0.39, 0.29) is 34.6 Å². The lowest BCUT2D eigenvalue weighted by Crippen LogP contribution is -2.39. The van der Waals surface area contributed by atoms with Gasteiger partial charge in [-0.1, -0.05) is 48.5 Å². The van der Waals surface area contributed by atoms with E-state index >= 15 is 8.78 Å². The Hall–Kier alpha value is -4.64. The molecule has 1 saturated heterocycles. The van der Waals surface area contributed by atoms with Gasteiger partial charge in [-0.3, -0.25) is 9.48 Å². The van der Waals surface area contributed by atoms with Gasteiger partial charge in [0.2, 0.25) is 0 Å². The summed E-state index contributed by atoms with van der Waals surface area (Å²) in [6.45, 7) is 4.11. The number of imidazole rings is 1. The Morgan fingerprint density at radius 3 is 2.23 bits per heavy atom. The van der Waals surface area contributed by atoms with Crippen LogP contribution in [-0.2, 0) is 11.3 Å². The molecule has 11 heteroatoms. The van der Waals surface area contributed by atoms with E-state index in [9.17, 15) is 9.90 Å². The predicted octanol–water partition coefficient (Wildman–Crippen LogP) is 6.16. The lowest BCUT2D eigenvalue weighted by molar-refractivity contribution is -0.143. The van der Waals surface area contributed by atoms with Gasteiger partial charge in [0.25, 0.3) is 6.01 Å². The SMILES string of the molecule is O=C(O)[C@H]1CC[C@H](Oc2nc3c(F)c(-c4ccc(-c5ccc(-c6ncn(CCN7CCC7)n6)cc5)cc4)c(F)cc3[nH]2)CC1. The van der Waals surface area contributed by atoms with E-state index in [0.717, 1.165) is 42.9 Å². The van der Waals surface area contributed by atoms with Crippen LogP contribution in [-0.4, -0.2) is 66.4 Å². The first-order chi connectivity index (χ1) is 21.4. The number of aromatic amines is 1. The minimum Gasteiger partial charge on any atom is -0.481 e. The summed E-state index contributed by atoms with van der Waals surface area (Å²) in [5.74, 6) is -1.97. The first-order valence-corrected chi connectivity index (χ1v) is 15.0. The van der Waals surface area contributed by atoms with Crippen molar-refractivity contribution in [2.45, 2.75) is 44.8 Å². The van der Waals surface area contributed by atoms with Crippen molar-refractivity contribution in [2.24, 2.45) is 5.92 Å². The van der Waals surface area contributed by atoms with Gasteiger partial charge in [-0.2, -0.15) is 10.1 Å². The van der Waals surface area contributed by atoms with Gasteiger partial charge in [-0.25, -0.2) is 13.8 Å². The third-order valence-electron chi connectivity index (χ3n) is 8.73. The highest BCUT2D eigenvalue weighted by atomic mass is 19.1. The molecule has 7 rings (SSSR count). The number of ether oxygens (including phenoxy) is 1. The maximum absolute atomic E-state index is 15.6. The van der Waals surface area contributed by atoms with Crippen molar-refractivity contribution >= 4 is 17.0 Å². The smallest absolute Gasteiger partial charge is 0.306 e. The van der Waals surface area contributed by atoms with E-state index in [4.69, 9.17) is 4.74 Å². The highest BCUT2D eigenvalue weighted by Crippen LogP contribution is 2.34. The summed E-state index contributed by atoms with van der Waals surface area (Å²) in [7, 11) is 0. The van der Waals surface area contributed by atoms with Crippen LogP contribution >= 0.6 is 0 Å². The molecule has 0 spiro atoms. The summed E-state index contributed by atoms with van der Waals surface area (Å²) in [5.41, 5.74) is 3.21. The number of carboxylic acids is 1. The predicted molar refractivity (Wildman–Crippen MR) is 161 cm³/mol. The van der Waals surface area contributed by atoms with Crippen molar-refractivity contribution in [1.82, 2.24) is 29.6 Å². The molecule has 44 heavy (non-hydrogen) atoms. The molecule has 1 aliphatic carbocycles. The molecule has 5 aromatic rings. The van der Waals surface area contributed by atoms with Gasteiger partial charge in [0.05, 0.1) is 23.5 Å². The molecule has 2 fully saturated rings. The fourth-order valence-electron chi connectivity index (χ4n) is 5.99. The van der Waals surface area contributed by atoms with Crippen molar-refractivity contribution in [1.29, 1.82) is 0 Å². The molecule has 3 aromatic carbocycles. The molecule has 1 aliphatic heterocycles. The number of hydrogen-bond donors (Lipinski definition) is 2. The molecule has 1 saturated carbocycles. The number of nitrogens with zero attached hydrogens (tertiary/aromatic N) is 5. The van der Waals surface area contributed by atoms with Gasteiger partial charge in [-0.15, -0.1) is 0 Å². The van der Waals surface area contributed by atoms with Crippen LogP contribution < -0.4 is 4.74 Å². The number of halogens is 2. The number of fused-ring (bicyclic) bond motifs is 1. The van der Waals surface area contributed by atoms with Crippen LogP contribution in [0.15, 0.2) is 60.9 Å². The van der Waals surface area contributed by atoms with Gasteiger partial charge in [0, 0.05) is 18.2 Å². The fraction of sp³-hybridized carbons (Fsp3) is 0.333. The molecule has 0 atom stereocenters. The second-order valence-corrected chi connectivity index (χ2v) is 11.6. The Morgan fingerprint density at radius 1 is 0.932 bits per heavy atom. The number of carboxylic acid groups (broad SMARTS) is 1. The normalized spacial score (nSPS) is 18.8. The Balaban J connectivity index is 1.04. The summed E-state index contributed by atoms with van der Waals surface area (Å²) in [6, 6.07) is 16.3. The topological polar surface area (TPSA) is 109 Å². The van der Waals surface area contributed by atoms with Gasteiger partial charge in [0.15, 0.2) is 11.6 Å². The zero-order valence-electron chi connectivity index (χ0n) is 24.0. The Kier molecular flexibility index (Phi) is 7.55. The van der Waals surface area contributed by atoms with Gasteiger partial charge >= 0.3 is 5.97 Å². The Labute approximate surface area is 252 Å². The summed E-state index contributed by atoms with van der Waals surface area (Å²) in [4.78, 5) is 25.2. The second-order valence-electron chi connectivity index (χ2n) is 11.6. The molecule has 2 aliphatic rings. The number of H-pyrrole nitrogens is 1. The Bertz CT molecular complexity index is 1790. The average Bonchev–Trinajstić information content (AvgIpc) is 3.64. The molecular weight excluding hydrogens is 566 g/mol. The summed E-state index contributed by atoms with van der Waals surface area (Å²) >= 11 is 0. The van der Waals surface area contributed by atoms with Crippen molar-refractivity contribution in [2.75, 3.05) is 19.6 Å². The highest BCUT2D eigenvalue weighted by Gasteiger charge is 2.28. The van der Waals surface area contributed by atoms with Crippen molar-refractivity contribution in [3.63, 3.8) is 0 Å². The van der Waals surface area contributed by atoms with Crippen molar-refractivity contribution < 1.29 is 23.4 Å². The molecule has 2 N–H and O–H groups in total. The van der Waals surface area contributed by atoms with E-state index in [0.29, 0.717) is 37.1 Å².